The highest BCUT2D eigenvalue weighted by Crippen LogP contribution is 2.25. The fourth-order valence-electron chi connectivity index (χ4n) is 2.82. The van der Waals surface area contributed by atoms with Crippen molar-refractivity contribution in [3.63, 3.8) is 0 Å². The van der Waals surface area contributed by atoms with E-state index < -0.39 is 5.92 Å². The fraction of sp³-hybridized carbons (Fsp3) is 0.389. The topological polar surface area (TPSA) is 101 Å². The Bertz CT molecular complexity index is 874. The summed E-state index contributed by atoms with van der Waals surface area (Å²) < 4.78 is 18.1. The zero-order chi connectivity index (χ0) is 20.3. The first-order valence-electron chi connectivity index (χ1n) is 8.67. The maximum atomic E-state index is 13.1. The van der Waals surface area contributed by atoms with E-state index >= 15 is 0 Å². The smallest absolute Gasteiger partial charge is 0.321 e. The normalized spacial score (nSPS) is 16.2. The summed E-state index contributed by atoms with van der Waals surface area (Å²) in [5.74, 6) is -0.574. The number of amides is 2. The molecule has 10 heteroatoms. The second-order valence-corrected chi connectivity index (χ2v) is 6.53. The van der Waals surface area contributed by atoms with E-state index in [1.807, 2.05) is 0 Å². The van der Waals surface area contributed by atoms with Crippen LogP contribution in [0.1, 0.15) is 12.2 Å². The Labute approximate surface area is 161 Å². The molecule has 0 aliphatic carbocycles. The lowest BCUT2D eigenvalue weighted by Crippen LogP contribution is -2.33. The van der Waals surface area contributed by atoms with Gasteiger partial charge in [-0.3, -0.25) is 9.59 Å². The van der Waals surface area contributed by atoms with Crippen LogP contribution in [0.4, 0.5) is 16.0 Å². The third-order valence-corrected chi connectivity index (χ3v) is 4.29. The van der Waals surface area contributed by atoms with Gasteiger partial charge in [0.1, 0.15) is 5.82 Å². The Morgan fingerprint density at radius 2 is 2.00 bits per heavy atom. The van der Waals surface area contributed by atoms with E-state index in [1.54, 1.807) is 19.0 Å². The highest BCUT2D eigenvalue weighted by molar-refractivity contribution is 6.00. The van der Waals surface area contributed by atoms with Gasteiger partial charge in [0.2, 0.25) is 17.8 Å². The molecule has 1 N–H and O–H groups in total. The molecule has 28 heavy (non-hydrogen) atoms. The number of methoxy groups -OCH3 is 1. The number of hydrogen-bond acceptors (Lipinski definition) is 7. The average molecular weight is 388 g/mol. The van der Waals surface area contributed by atoms with Crippen molar-refractivity contribution in [2.75, 3.05) is 37.5 Å². The van der Waals surface area contributed by atoms with Gasteiger partial charge in [0, 0.05) is 32.7 Å². The van der Waals surface area contributed by atoms with Crippen molar-refractivity contribution in [3.8, 4) is 6.01 Å². The fourth-order valence-corrected chi connectivity index (χ4v) is 2.82. The van der Waals surface area contributed by atoms with E-state index in [1.165, 1.54) is 36.3 Å². The number of rotatable bonds is 6. The first-order valence-corrected chi connectivity index (χ1v) is 8.67. The minimum absolute atomic E-state index is 0.0831. The van der Waals surface area contributed by atoms with Gasteiger partial charge in [-0.15, -0.1) is 0 Å². The lowest BCUT2D eigenvalue weighted by Gasteiger charge is -2.16. The van der Waals surface area contributed by atoms with Gasteiger partial charge < -0.3 is 19.9 Å². The molecule has 0 saturated carbocycles. The number of nitrogens with zero attached hydrogens (tertiary/aromatic N) is 5. The van der Waals surface area contributed by atoms with Crippen LogP contribution in [0, 0.1) is 11.7 Å². The Hall–Kier alpha value is -3.30. The van der Waals surface area contributed by atoms with E-state index in [9.17, 15) is 14.0 Å². The van der Waals surface area contributed by atoms with Crippen LogP contribution in [0.15, 0.2) is 24.3 Å². The van der Waals surface area contributed by atoms with Gasteiger partial charge in [0.15, 0.2) is 5.82 Å². The van der Waals surface area contributed by atoms with Gasteiger partial charge in [-0.25, -0.2) is 4.39 Å². The Morgan fingerprint density at radius 1 is 1.29 bits per heavy atom. The Morgan fingerprint density at radius 3 is 2.64 bits per heavy atom. The van der Waals surface area contributed by atoms with Crippen LogP contribution in [0.25, 0.3) is 0 Å². The van der Waals surface area contributed by atoms with Crippen LogP contribution in [0.3, 0.4) is 0 Å². The minimum atomic E-state index is -0.505. The first kappa shape index (κ1) is 19.5. The molecular weight excluding hydrogens is 367 g/mol. The number of nitrogens with one attached hydrogen (secondary N) is 1. The molecule has 3 rings (SSSR count). The molecule has 0 bridgehead atoms. The quantitative estimate of drug-likeness (QED) is 0.779. The lowest BCUT2D eigenvalue weighted by atomic mass is 10.1. The zero-order valence-corrected chi connectivity index (χ0v) is 15.8. The third-order valence-electron chi connectivity index (χ3n) is 4.29. The highest BCUT2D eigenvalue weighted by atomic mass is 19.1. The van der Waals surface area contributed by atoms with Gasteiger partial charge in [-0.05, 0) is 24.3 Å². The number of aromatic nitrogens is 3. The molecule has 0 spiro atoms. The van der Waals surface area contributed by atoms with Crippen LogP contribution in [-0.2, 0) is 16.1 Å². The second-order valence-electron chi connectivity index (χ2n) is 6.53. The maximum absolute atomic E-state index is 13.1. The van der Waals surface area contributed by atoms with Gasteiger partial charge in [-0.1, -0.05) is 0 Å². The standard InChI is InChI=1S/C18H21FN6O3/c1-24(2)17-21-14(22-18(23-17)28-3)9-20-16(27)11-8-15(26)25(10-11)13-6-4-12(19)5-7-13/h4-7,11H,8-10H2,1-3H3,(H,20,27)/t11-/m1/s1. The van der Waals surface area contributed by atoms with Gasteiger partial charge in [0.25, 0.3) is 0 Å². The van der Waals surface area contributed by atoms with Crippen molar-refractivity contribution in [2.24, 2.45) is 5.92 Å². The molecule has 1 fully saturated rings. The molecule has 1 aromatic heterocycles. The average Bonchev–Trinajstić information content (AvgIpc) is 3.08. The summed E-state index contributed by atoms with van der Waals surface area (Å²) in [6.07, 6.45) is 0.0900. The van der Waals surface area contributed by atoms with E-state index in [4.69, 9.17) is 4.74 Å². The summed E-state index contributed by atoms with van der Waals surface area (Å²) in [4.78, 5) is 40.4. The van der Waals surface area contributed by atoms with E-state index in [2.05, 4.69) is 20.3 Å². The Kier molecular flexibility index (Phi) is 5.67. The number of carbonyl (C=O) groups excluding carboxylic acids is 2. The first-order chi connectivity index (χ1) is 13.4. The molecule has 2 amide bonds. The number of anilines is 2. The SMILES string of the molecule is COc1nc(CNC(=O)[C@@H]2CC(=O)N(c3ccc(F)cc3)C2)nc(N(C)C)n1. The summed E-state index contributed by atoms with van der Waals surface area (Å²) in [6.45, 7) is 0.319. The van der Waals surface area contributed by atoms with Gasteiger partial charge in [0.05, 0.1) is 19.6 Å². The Balaban J connectivity index is 1.63. The number of benzene rings is 1. The van der Waals surface area contributed by atoms with Crippen molar-refractivity contribution in [1.29, 1.82) is 0 Å². The number of hydrogen-bond donors (Lipinski definition) is 1. The van der Waals surface area contributed by atoms with Crippen molar-refractivity contribution < 1.29 is 18.7 Å². The predicted molar refractivity (Wildman–Crippen MR) is 99.4 cm³/mol. The molecule has 2 heterocycles. The van der Waals surface area contributed by atoms with Gasteiger partial charge >= 0.3 is 6.01 Å². The van der Waals surface area contributed by atoms with Gasteiger partial charge in [-0.2, -0.15) is 15.0 Å². The van der Waals surface area contributed by atoms with E-state index in [0.29, 0.717) is 17.5 Å². The number of carbonyl (C=O) groups is 2. The van der Waals surface area contributed by atoms with E-state index in [-0.39, 0.29) is 43.2 Å². The molecule has 0 unspecified atom stereocenters. The molecule has 0 radical (unpaired) electrons. The van der Waals surface area contributed by atoms with Crippen LogP contribution in [0.5, 0.6) is 6.01 Å². The predicted octanol–water partition coefficient (Wildman–Crippen LogP) is 0.755. The van der Waals surface area contributed by atoms with E-state index in [0.717, 1.165) is 0 Å². The van der Waals surface area contributed by atoms with Crippen LogP contribution in [-0.4, -0.2) is 54.5 Å². The third kappa shape index (κ3) is 4.33. The zero-order valence-electron chi connectivity index (χ0n) is 15.8. The number of ether oxygens (including phenoxy) is 1. The van der Waals surface area contributed by atoms with Crippen LogP contribution in [0.2, 0.25) is 0 Å². The number of halogens is 1. The molecule has 1 aliphatic heterocycles. The summed E-state index contributed by atoms with van der Waals surface area (Å²) in [6, 6.07) is 5.77. The summed E-state index contributed by atoms with van der Waals surface area (Å²) in [5.41, 5.74) is 0.569. The van der Waals surface area contributed by atoms with Crippen molar-refractivity contribution in [3.05, 3.63) is 35.9 Å². The monoisotopic (exact) mass is 388 g/mol. The minimum Gasteiger partial charge on any atom is -0.467 e. The summed E-state index contributed by atoms with van der Waals surface area (Å²) in [5, 5.41) is 2.76. The van der Waals surface area contributed by atoms with Crippen molar-refractivity contribution in [1.82, 2.24) is 20.3 Å². The molecule has 1 aromatic carbocycles. The second kappa shape index (κ2) is 8.15. The molecule has 1 saturated heterocycles. The van der Waals surface area contributed by atoms with Crippen molar-refractivity contribution in [2.45, 2.75) is 13.0 Å². The summed E-state index contributed by atoms with van der Waals surface area (Å²) in [7, 11) is 5.02. The molecule has 1 atom stereocenters. The lowest BCUT2D eigenvalue weighted by molar-refractivity contribution is -0.126. The van der Waals surface area contributed by atoms with Crippen molar-refractivity contribution >= 4 is 23.5 Å². The van der Waals surface area contributed by atoms with Crippen LogP contribution < -0.4 is 19.9 Å². The molecule has 148 valence electrons. The molecular formula is C18H21FN6O3. The largest absolute Gasteiger partial charge is 0.467 e. The molecule has 1 aliphatic rings. The highest BCUT2D eigenvalue weighted by Gasteiger charge is 2.35. The molecule has 9 nitrogen and oxygen atoms in total. The van der Waals surface area contributed by atoms with Crippen LogP contribution >= 0.6 is 0 Å². The summed E-state index contributed by atoms with van der Waals surface area (Å²) >= 11 is 0. The molecule has 2 aromatic rings. The maximum Gasteiger partial charge on any atom is 0.321 e.